The van der Waals surface area contributed by atoms with Crippen molar-refractivity contribution in [2.75, 3.05) is 0 Å². The second-order valence-electron chi connectivity index (χ2n) is 4.34. The Labute approximate surface area is 83.4 Å². The van der Waals surface area contributed by atoms with E-state index in [4.69, 9.17) is 0 Å². The summed E-state index contributed by atoms with van der Waals surface area (Å²) in [7, 11) is 0. The second-order valence-corrected chi connectivity index (χ2v) is 4.34. The summed E-state index contributed by atoms with van der Waals surface area (Å²) in [6.45, 7) is 2.24. The minimum atomic E-state index is 1.06. The smallest absolute Gasteiger partial charge is 0.0348 e. The SMILES string of the molecule is CCC/C=C/CCC1CCCCC1. The van der Waals surface area contributed by atoms with Gasteiger partial charge in [0.05, 0.1) is 0 Å². The van der Waals surface area contributed by atoms with Gasteiger partial charge in [-0.05, 0) is 25.2 Å². The highest BCUT2D eigenvalue weighted by molar-refractivity contribution is 4.82. The lowest BCUT2D eigenvalue weighted by Crippen LogP contribution is -2.05. The van der Waals surface area contributed by atoms with Gasteiger partial charge in [0.15, 0.2) is 0 Å². The van der Waals surface area contributed by atoms with Crippen molar-refractivity contribution < 1.29 is 0 Å². The van der Waals surface area contributed by atoms with Crippen LogP contribution in [0.15, 0.2) is 12.2 Å². The molecule has 76 valence electrons. The first-order valence-corrected chi connectivity index (χ1v) is 6.08. The van der Waals surface area contributed by atoms with Gasteiger partial charge in [-0.1, -0.05) is 57.6 Å². The Kier molecular flexibility index (Phi) is 5.97. The number of rotatable bonds is 5. The van der Waals surface area contributed by atoms with Crippen molar-refractivity contribution in [1.29, 1.82) is 0 Å². The molecule has 1 saturated carbocycles. The fourth-order valence-electron chi connectivity index (χ4n) is 2.21. The van der Waals surface area contributed by atoms with E-state index >= 15 is 0 Å². The van der Waals surface area contributed by atoms with E-state index < -0.39 is 0 Å². The highest BCUT2D eigenvalue weighted by atomic mass is 14.2. The van der Waals surface area contributed by atoms with Crippen molar-refractivity contribution in [3.8, 4) is 0 Å². The van der Waals surface area contributed by atoms with Crippen molar-refractivity contribution in [3.63, 3.8) is 0 Å². The summed E-state index contributed by atoms with van der Waals surface area (Å²) in [6, 6.07) is 0. The van der Waals surface area contributed by atoms with Crippen molar-refractivity contribution in [2.45, 2.75) is 64.7 Å². The molecule has 0 spiro atoms. The third-order valence-electron chi connectivity index (χ3n) is 3.09. The van der Waals surface area contributed by atoms with Crippen LogP contribution in [0.3, 0.4) is 0 Å². The van der Waals surface area contributed by atoms with E-state index in [2.05, 4.69) is 19.1 Å². The van der Waals surface area contributed by atoms with Gasteiger partial charge in [-0.25, -0.2) is 0 Å². The fraction of sp³-hybridized carbons (Fsp3) is 0.846. The van der Waals surface area contributed by atoms with E-state index in [1.54, 1.807) is 0 Å². The summed E-state index contributed by atoms with van der Waals surface area (Å²) >= 11 is 0. The average molecular weight is 180 g/mol. The van der Waals surface area contributed by atoms with E-state index in [0.29, 0.717) is 0 Å². The lowest BCUT2D eigenvalue weighted by Gasteiger charge is -2.20. The first-order valence-electron chi connectivity index (χ1n) is 6.08. The van der Waals surface area contributed by atoms with Gasteiger partial charge >= 0.3 is 0 Å². The zero-order chi connectivity index (χ0) is 9.36. The summed E-state index contributed by atoms with van der Waals surface area (Å²) < 4.78 is 0. The minimum Gasteiger partial charge on any atom is -0.0885 e. The summed E-state index contributed by atoms with van der Waals surface area (Å²) in [6.07, 6.45) is 17.5. The normalized spacial score (nSPS) is 19.8. The van der Waals surface area contributed by atoms with Crippen LogP contribution < -0.4 is 0 Å². The van der Waals surface area contributed by atoms with E-state index in [-0.39, 0.29) is 0 Å². The van der Waals surface area contributed by atoms with Gasteiger partial charge in [0, 0.05) is 0 Å². The molecule has 0 aromatic heterocycles. The summed E-state index contributed by atoms with van der Waals surface area (Å²) in [4.78, 5) is 0. The van der Waals surface area contributed by atoms with Crippen molar-refractivity contribution in [2.24, 2.45) is 5.92 Å². The van der Waals surface area contributed by atoms with Gasteiger partial charge in [0.25, 0.3) is 0 Å². The molecule has 13 heavy (non-hydrogen) atoms. The molecule has 0 atom stereocenters. The first-order chi connectivity index (χ1) is 6.43. The average Bonchev–Trinajstić information content (AvgIpc) is 2.19. The minimum absolute atomic E-state index is 1.06. The third kappa shape index (κ3) is 5.13. The van der Waals surface area contributed by atoms with Gasteiger partial charge < -0.3 is 0 Å². The largest absolute Gasteiger partial charge is 0.0885 e. The van der Waals surface area contributed by atoms with Gasteiger partial charge in [-0.15, -0.1) is 0 Å². The Morgan fingerprint density at radius 1 is 1.00 bits per heavy atom. The van der Waals surface area contributed by atoms with Gasteiger partial charge in [-0.2, -0.15) is 0 Å². The standard InChI is InChI=1S/C13H24/c1-2-3-4-5-7-10-13-11-8-6-9-12-13/h4-5,13H,2-3,6-12H2,1H3/b5-4+. The molecule has 1 aliphatic carbocycles. The van der Waals surface area contributed by atoms with Gasteiger partial charge in [0.1, 0.15) is 0 Å². The number of allylic oxidation sites excluding steroid dienone is 2. The molecule has 0 N–H and O–H groups in total. The molecule has 0 bridgehead atoms. The van der Waals surface area contributed by atoms with E-state index in [0.717, 1.165) is 5.92 Å². The molecular weight excluding hydrogens is 156 g/mol. The molecule has 0 aromatic rings. The van der Waals surface area contributed by atoms with Crippen molar-refractivity contribution in [3.05, 3.63) is 12.2 Å². The van der Waals surface area contributed by atoms with Crippen LogP contribution in [0.5, 0.6) is 0 Å². The monoisotopic (exact) mass is 180 g/mol. The van der Waals surface area contributed by atoms with Crippen LogP contribution in [0.25, 0.3) is 0 Å². The molecule has 0 aliphatic heterocycles. The van der Waals surface area contributed by atoms with Crippen LogP contribution in [-0.2, 0) is 0 Å². The maximum absolute atomic E-state index is 2.39. The lowest BCUT2D eigenvalue weighted by atomic mass is 9.86. The zero-order valence-electron chi connectivity index (χ0n) is 9.10. The molecule has 0 amide bonds. The molecule has 0 unspecified atom stereocenters. The maximum atomic E-state index is 2.39. The fourth-order valence-corrected chi connectivity index (χ4v) is 2.21. The summed E-state index contributed by atoms with van der Waals surface area (Å²) in [5.41, 5.74) is 0. The molecule has 0 saturated heterocycles. The van der Waals surface area contributed by atoms with Crippen LogP contribution in [-0.4, -0.2) is 0 Å². The zero-order valence-corrected chi connectivity index (χ0v) is 9.10. The first kappa shape index (κ1) is 10.8. The Bertz CT molecular complexity index is 129. The number of hydrogen-bond donors (Lipinski definition) is 0. The van der Waals surface area contributed by atoms with Crippen LogP contribution in [0.2, 0.25) is 0 Å². The Hall–Kier alpha value is -0.260. The van der Waals surface area contributed by atoms with Crippen LogP contribution in [0, 0.1) is 5.92 Å². The summed E-state index contributed by atoms with van der Waals surface area (Å²) in [5.74, 6) is 1.06. The number of unbranched alkanes of at least 4 members (excludes halogenated alkanes) is 1. The Morgan fingerprint density at radius 2 is 1.69 bits per heavy atom. The quantitative estimate of drug-likeness (QED) is 0.538. The van der Waals surface area contributed by atoms with Crippen molar-refractivity contribution >= 4 is 0 Å². The van der Waals surface area contributed by atoms with Crippen LogP contribution in [0.1, 0.15) is 64.7 Å². The van der Waals surface area contributed by atoms with Crippen LogP contribution >= 0.6 is 0 Å². The topological polar surface area (TPSA) is 0 Å². The molecule has 0 heterocycles. The highest BCUT2D eigenvalue weighted by Gasteiger charge is 2.11. The van der Waals surface area contributed by atoms with Crippen LogP contribution in [0.4, 0.5) is 0 Å². The van der Waals surface area contributed by atoms with E-state index in [1.165, 1.54) is 57.8 Å². The Morgan fingerprint density at radius 3 is 2.38 bits per heavy atom. The predicted molar refractivity (Wildman–Crippen MR) is 59.9 cm³/mol. The molecule has 0 heteroatoms. The molecule has 0 radical (unpaired) electrons. The van der Waals surface area contributed by atoms with Gasteiger partial charge in [-0.3, -0.25) is 0 Å². The van der Waals surface area contributed by atoms with E-state index in [1.807, 2.05) is 0 Å². The lowest BCUT2D eigenvalue weighted by molar-refractivity contribution is 0.341. The second kappa shape index (κ2) is 7.17. The molecule has 1 fully saturated rings. The van der Waals surface area contributed by atoms with Gasteiger partial charge in [0.2, 0.25) is 0 Å². The molecule has 0 aromatic carbocycles. The maximum Gasteiger partial charge on any atom is -0.0348 e. The van der Waals surface area contributed by atoms with Crippen molar-refractivity contribution in [1.82, 2.24) is 0 Å². The predicted octanol–water partition coefficient (Wildman–Crippen LogP) is 4.70. The molecule has 1 aliphatic rings. The Balaban J connectivity index is 1.97. The highest BCUT2D eigenvalue weighted by Crippen LogP contribution is 2.27. The third-order valence-corrected chi connectivity index (χ3v) is 3.09. The molecular formula is C13H24. The summed E-state index contributed by atoms with van der Waals surface area (Å²) in [5, 5.41) is 0. The van der Waals surface area contributed by atoms with E-state index in [9.17, 15) is 0 Å². The molecule has 0 nitrogen and oxygen atoms in total. The number of hydrogen-bond acceptors (Lipinski definition) is 0. The molecule has 1 rings (SSSR count).